The largest absolute Gasteiger partial charge is 0.369 e. The third kappa shape index (κ3) is 2.91. The van der Waals surface area contributed by atoms with Gasteiger partial charge in [0, 0.05) is 43.5 Å². The molecular formula is C15H22N2O. The lowest BCUT2D eigenvalue weighted by molar-refractivity contribution is 0.112. The summed E-state index contributed by atoms with van der Waals surface area (Å²) >= 11 is 0. The maximum atomic E-state index is 10.6. The molecule has 1 aromatic rings. The Morgan fingerprint density at radius 3 is 2.28 bits per heavy atom. The SMILES string of the molecule is CCC(C)N1CCN(c2ccc(C=O)cc2)CC1. The number of rotatable bonds is 4. The standard InChI is InChI=1S/C15H22N2O/c1-3-13(2)16-8-10-17(11-9-16)15-6-4-14(12-18)5-7-15/h4-7,12-13H,3,8-11H2,1-2H3. The molecule has 0 bridgehead atoms. The van der Waals surface area contributed by atoms with Gasteiger partial charge in [0.05, 0.1) is 0 Å². The quantitative estimate of drug-likeness (QED) is 0.762. The molecule has 98 valence electrons. The molecule has 0 N–H and O–H groups in total. The van der Waals surface area contributed by atoms with Crippen molar-refractivity contribution in [2.45, 2.75) is 26.3 Å². The lowest BCUT2D eigenvalue weighted by atomic mass is 10.1. The molecule has 1 unspecified atom stereocenters. The summed E-state index contributed by atoms with van der Waals surface area (Å²) in [7, 11) is 0. The molecule has 1 heterocycles. The Morgan fingerprint density at radius 1 is 1.17 bits per heavy atom. The molecule has 1 atom stereocenters. The van der Waals surface area contributed by atoms with E-state index in [9.17, 15) is 4.79 Å². The summed E-state index contributed by atoms with van der Waals surface area (Å²) in [5, 5.41) is 0. The lowest BCUT2D eigenvalue weighted by Crippen LogP contribution is -2.49. The van der Waals surface area contributed by atoms with Gasteiger partial charge in [0.1, 0.15) is 6.29 Å². The lowest BCUT2D eigenvalue weighted by Gasteiger charge is -2.39. The first kappa shape index (κ1) is 13.1. The van der Waals surface area contributed by atoms with Crippen molar-refractivity contribution in [3.05, 3.63) is 29.8 Å². The van der Waals surface area contributed by atoms with E-state index >= 15 is 0 Å². The number of benzene rings is 1. The summed E-state index contributed by atoms with van der Waals surface area (Å²) < 4.78 is 0. The van der Waals surface area contributed by atoms with Gasteiger partial charge in [-0.1, -0.05) is 6.92 Å². The average molecular weight is 246 g/mol. The van der Waals surface area contributed by atoms with E-state index in [2.05, 4.69) is 23.6 Å². The fourth-order valence-electron chi connectivity index (χ4n) is 2.44. The van der Waals surface area contributed by atoms with Crippen molar-refractivity contribution in [3.8, 4) is 0 Å². The van der Waals surface area contributed by atoms with Crippen molar-refractivity contribution in [1.82, 2.24) is 4.90 Å². The topological polar surface area (TPSA) is 23.6 Å². The molecule has 2 rings (SSSR count). The summed E-state index contributed by atoms with van der Waals surface area (Å²) in [5.74, 6) is 0. The minimum Gasteiger partial charge on any atom is -0.369 e. The molecule has 1 aliphatic heterocycles. The van der Waals surface area contributed by atoms with Crippen LogP contribution in [0.5, 0.6) is 0 Å². The van der Waals surface area contributed by atoms with Crippen molar-refractivity contribution >= 4 is 12.0 Å². The zero-order chi connectivity index (χ0) is 13.0. The second-order valence-electron chi connectivity index (χ2n) is 4.99. The number of carbonyl (C=O) groups is 1. The van der Waals surface area contributed by atoms with Crippen LogP contribution in [0.3, 0.4) is 0 Å². The van der Waals surface area contributed by atoms with Crippen LogP contribution in [0, 0.1) is 0 Å². The Bertz CT molecular complexity index is 380. The summed E-state index contributed by atoms with van der Waals surface area (Å²) in [6, 6.07) is 8.56. The predicted molar refractivity (Wildman–Crippen MR) is 75.4 cm³/mol. The highest BCUT2D eigenvalue weighted by atomic mass is 16.1. The van der Waals surface area contributed by atoms with Gasteiger partial charge in [-0.2, -0.15) is 0 Å². The molecule has 1 aliphatic rings. The van der Waals surface area contributed by atoms with Gasteiger partial charge in [-0.3, -0.25) is 9.69 Å². The van der Waals surface area contributed by atoms with Crippen molar-refractivity contribution in [2.24, 2.45) is 0 Å². The first-order valence-electron chi connectivity index (χ1n) is 6.79. The smallest absolute Gasteiger partial charge is 0.150 e. The van der Waals surface area contributed by atoms with Gasteiger partial charge in [0.2, 0.25) is 0 Å². The van der Waals surface area contributed by atoms with Crippen LogP contribution in [0.25, 0.3) is 0 Å². The summed E-state index contributed by atoms with van der Waals surface area (Å²) in [5.41, 5.74) is 1.97. The fraction of sp³-hybridized carbons (Fsp3) is 0.533. The highest BCUT2D eigenvalue weighted by Crippen LogP contribution is 2.18. The normalized spacial score (nSPS) is 18.7. The minimum atomic E-state index is 0.685. The van der Waals surface area contributed by atoms with Gasteiger partial charge >= 0.3 is 0 Å². The highest BCUT2D eigenvalue weighted by molar-refractivity contribution is 5.75. The number of anilines is 1. The molecule has 0 aromatic heterocycles. The zero-order valence-electron chi connectivity index (χ0n) is 11.3. The fourth-order valence-corrected chi connectivity index (χ4v) is 2.44. The molecule has 3 nitrogen and oxygen atoms in total. The minimum absolute atomic E-state index is 0.685. The number of carbonyl (C=O) groups excluding carboxylic acids is 1. The Balaban J connectivity index is 1.94. The second-order valence-corrected chi connectivity index (χ2v) is 4.99. The molecule has 1 aromatic carbocycles. The van der Waals surface area contributed by atoms with E-state index in [1.165, 1.54) is 12.1 Å². The van der Waals surface area contributed by atoms with E-state index in [0.29, 0.717) is 6.04 Å². The van der Waals surface area contributed by atoms with Crippen LogP contribution in [0.1, 0.15) is 30.6 Å². The first-order valence-corrected chi connectivity index (χ1v) is 6.79. The van der Waals surface area contributed by atoms with E-state index in [-0.39, 0.29) is 0 Å². The molecule has 0 amide bonds. The molecule has 0 saturated carbocycles. The van der Waals surface area contributed by atoms with Gasteiger partial charge in [0.15, 0.2) is 0 Å². The van der Waals surface area contributed by atoms with E-state index in [1.807, 2.05) is 24.3 Å². The van der Waals surface area contributed by atoms with Crippen molar-refractivity contribution in [2.75, 3.05) is 31.1 Å². The van der Waals surface area contributed by atoms with Crippen molar-refractivity contribution < 1.29 is 4.79 Å². The monoisotopic (exact) mass is 246 g/mol. The van der Waals surface area contributed by atoms with Gasteiger partial charge in [-0.05, 0) is 37.6 Å². The van der Waals surface area contributed by atoms with Crippen LogP contribution in [-0.4, -0.2) is 43.4 Å². The van der Waals surface area contributed by atoms with Crippen LogP contribution >= 0.6 is 0 Å². The van der Waals surface area contributed by atoms with Gasteiger partial charge in [-0.15, -0.1) is 0 Å². The highest BCUT2D eigenvalue weighted by Gasteiger charge is 2.19. The number of piperazine rings is 1. The molecule has 3 heteroatoms. The Hall–Kier alpha value is -1.35. The van der Waals surface area contributed by atoms with E-state index in [1.54, 1.807) is 0 Å². The van der Waals surface area contributed by atoms with E-state index in [4.69, 9.17) is 0 Å². The third-order valence-corrected chi connectivity index (χ3v) is 3.92. The molecule has 0 aliphatic carbocycles. The van der Waals surface area contributed by atoms with Gasteiger partial charge < -0.3 is 4.90 Å². The average Bonchev–Trinajstić information content (AvgIpc) is 2.47. The van der Waals surface area contributed by atoms with Crippen molar-refractivity contribution in [1.29, 1.82) is 0 Å². The van der Waals surface area contributed by atoms with Crippen molar-refractivity contribution in [3.63, 3.8) is 0 Å². The molecule has 0 radical (unpaired) electrons. The van der Waals surface area contributed by atoms with E-state index in [0.717, 1.165) is 38.0 Å². The van der Waals surface area contributed by atoms with Crippen LogP contribution in [0.15, 0.2) is 24.3 Å². The maximum absolute atomic E-state index is 10.6. The van der Waals surface area contributed by atoms with E-state index < -0.39 is 0 Å². The van der Waals surface area contributed by atoms with Gasteiger partial charge in [0.25, 0.3) is 0 Å². The zero-order valence-corrected chi connectivity index (χ0v) is 11.3. The predicted octanol–water partition coefficient (Wildman–Crippen LogP) is 2.42. The number of hydrogen-bond acceptors (Lipinski definition) is 3. The summed E-state index contributed by atoms with van der Waals surface area (Å²) in [4.78, 5) is 15.6. The van der Waals surface area contributed by atoms with Crippen LogP contribution in [0.4, 0.5) is 5.69 Å². The molecular weight excluding hydrogens is 224 g/mol. The number of aldehydes is 1. The Kier molecular flexibility index (Phi) is 4.37. The maximum Gasteiger partial charge on any atom is 0.150 e. The second kappa shape index (κ2) is 6.01. The molecule has 18 heavy (non-hydrogen) atoms. The molecule has 1 saturated heterocycles. The Labute approximate surface area is 109 Å². The summed E-state index contributed by atoms with van der Waals surface area (Å²) in [6.45, 7) is 8.95. The van der Waals surface area contributed by atoms with Crippen LogP contribution in [0.2, 0.25) is 0 Å². The molecule has 0 spiro atoms. The first-order chi connectivity index (χ1) is 8.74. The Morgan fingerprint density at radius 2 is 1.78 bits per heavy atom. The number of nitrogens with zero attached hydrogens (tertiary/aromatic N) is 2. The van der Waals surface area contributed by atoms with Crippen LogP contribution in [-0.2, 0) is 0 Å². The van der Waals surface area contributed by atoms with Crippen LogP contribution < -0.4 is 4.90 Å². The number of hydrogen-bond donors (Lipinski definition) is 0. The third-order valence-electron chi connectivity index (χ3n) is 3.92. The summed E-state index contributed by atoms with van der Waals surface area (Å²) in [6.07, 6.45) is 2.11. The molecule has 1 fully saturated rings. The van der Waals surface area contributed by atoms with Gasteiger partial charge in [-0.25, -0.2) is 0 Å².